The van der Waals surface area contributed by atoms with Crippen LogP contribution in [0.1, 0.15) is 39.0 Å². The van der Waals surface area contributed by atoms with Crippen molar-refractivity contribution in [3.63, 3.8) is 0 Å². The predicted octanol–water partition coefficient (Wildman–Crippen LogP) is 1.46. The van der Waals surface area contributed by atoms with Gasteiger partial charge in [-0.05, 0) is 19.8 Å². The third kappa shape index (κ3) is 2.44. The van der Waals surface area contributed by atoms with Crippen molar-refractivity contribution in [3.8, 4) is 0 Å². The van der Waals surface area contributed by atoms with E-state index in [1.54, 1.807) is 6.92 Å². The Bertz CT molecular complexity index is 419. The first kappa shape index (κ1) is 12.8. The van der Waals surface area contributed by atoms with E-state index in [-0.39, 0.29) is 41.8 Å². The first-order valence-corrected chi connectivity index (χ1v) is 6.16. The molecule has 1 fully saturated rings. The molecule has 1 heterocycles. The lowest BCUT2D eigenvalue weighted by Gasteiger charge is -2.25. The molecule has 1 N–H and O–H groups in total. The minimum atomic E-state index is -0.781. The highest BCUT2D eigenvalue weighted by molar-refractivity contribution is 6.05. The van der Waals surface area contributed by atoms with E-state index in [9.17, 15) is 19.5 Å². The molecule has 0 amide bonds. The molecule has 1 atom stereocenters. The Kier molecular flexibility index (Phi) is 3.50. The van der Waals surface area contributed by atoms with E-state index in [1.165, 1.54) is 0 Å². The van der Waals surface area contributed by atoms with E-state index in [1.807, 2.05) is 0 Å². The maximum absolute atomic E-state index is 11.7. The van der Waals surface area contributed by atoms with Gasteiger partial charge in [-0.3, -0.25) is 9.59 Å². The SMILES string of the molecule is CC1CC(O)=C(CC2C(=O)CCCC2=O)C(=O)O1. The maximum atomic E-state index is 11.7. The van der Waals surface area contributed by atoms with Crippen LogP contribution in [0.5, 0.6) is 0 Å². The molecule has 0 aromatic heterocycles. The number of aliphatic hydroxyl groups excluding tert-OH is 1. The van der Waals surface area contributed by atoms with E-state index >= 15 is 0 Å². The first-order chi connectivity index (χ1) is 8.49. The second kappa shape index (κ2) is 4.92. The average molecular weight is 252 g/mol. The van der Waals surface area contributed by atoms with Crippen LogP contribution in [0.4, 0.5) is 0 Å². The molecule has 5 heteroatoms. The molecule has 1 aliphatic heterocycles. The van der Waals surface area contributed by atoms with Gasteiger partial charge in [0.1, 0.15) is 23.4 Å². The number of rotatable bonds is 2. The van der Waals surface area contributed by atoms with Crippen LogP contribution in [0.2, 0.25) is 0 Å². The molecule has 0 saturated heterocycles. The lowest BCUT2D eigenvalue weighted by molar-refractivity contribution is -0.146. The number of carbonyl (C=O) groups excluding carboxylic acids is 3. The molecular weight excluding hydrogens is 236 g/mol. The monoisotopic (exact) mass is 252 g/mol. The number of ketones is 2. The van der Waals surface area contributed by atoms with Crippen molar-refractivity contribution in [2.24, 2.45) is 5.92 Å². The molecule has 0 aromatic carbocycles. The Hall–Kier alpha value is -1.65. The molecule has 0 radical (unpaired) electrons. The standard InChI is InChI=1S/C13H16O5/c1-7-5-12(16)9(13(17)18-7)6-8-10(14)3-2-4-11(8)15/h7-8,16H,2-6H2,1H3. The highest BCUT2D eigenvalue weighted by atomic mass is 16.5. The quantitative estimate of drug-likeness (QED) is 0.594. The third-order valence-corrected chi connectivity index (χ3v) is 3.42. The zero-order chi connectivity index (χ0) is 13.3. The van der Waals surface area contributed by atoms with Crippen molar-refractivity contribution in [1.29, 1.82) is 0 Å². The summed E-state index contributed by atoms with van der Waals surface area (Å²) in [5.41, 5.74) is 0.0849. The van der Waals surface area contributed by atoms with E-state index in [0.717, 1.165) is 0 Å². The van der Waals surface area contributed by atoms with Crippen LogP contribution in [-0.2, 0) is 19.1 Å². The zero-order valence-corrected chi connectivity index (χ0v) is 10.3. The number of aliphatic hydroxyl groups is 1. The number of esters is 1. The molecule has 18 heavy (non-hydrogen) atoms. The molecule has 1 aliphatic carbocycles. The smallest absolute Gasteiger partial charge is 0.337 e. The topological polar surface area (TPSA) is 80.7 Å². The molecule has 1 unspecified atom stereocenters. The van der Waals surface area contributed by atoms with Crippen LogP contribution in [-0.4, -0.2) is 28.7 Å². The number of hydrogen-bond donors (Lipinski definition) is 1. The average Bonchev–Trinajstić information content (AvgIpc) is 2.26. The molecule has 2 rings (SSSR count). The summed E-state index contributed by atoms with van der Waals surface area (Å²) in [6, 6.07) is 0. The van der Waals surface area contributed by atoms with E-state index in [4.69, 9.17) is 4.74 Å². The Morgan fingerprint density at radius 1 is 1.22 bits per heavy atom. The van der Waals surface area contributed by atoms with Crippen LogP contribution in [0.25, 0.3) is 0 Å². The molecule has 0 spiro atoms. The Morgan fingerprint density at radius 2 is 1.83 bits per heavy atom. The lowest BCUT2D eigenvalue weighted by Crippen LogP contribution is -2.32. The van der Waals surface area contributed by atoms with Gasteiger partial charge in [-0.25, -0.2) is 4.79 Å². The zero-order valence-electron chi connectivity index (χ0n) is 10.3. The van der Waals surface area contributed by atoms with E-state index < -0.39 is 11.9 Å². The minimum Gasteiger partial charge on any atom is -0.512 e. The largest absolute Gasteiger partial charge is 0.512 e. The van der Waals surface area contributed by atoms with Gasteiger partial charge in [0.05, 0.1) is 11.5 Å². The van der Waals surface area contributed by atoms with Crippen molar-refractivity contribution in [1.82, 2.24) is 0 Å². The van der Waals surface area contributed by atoms with Crippen LogP contribution in [0, 0.1) is 5.92 Å². The lowest BCUT2D eigenvalue weighted by atomic mass is 9.81. The van der Waals surface area contributed by atoms with Crippen molar-refractivity contribution in [2.45, 2.75) is 45.1 Å². The van der Waals surface area contributed by atoms with Gasteiger partial charge in [-0.2, -0.15) is 0 Å². The van der Waals surface area contributed by atoms with Crippen LogP contribution >= 0.6 is 0 Å². The van der Waals surface area contributed by atoms with Gasteiger partial charge in [0.2, 0.25) is 0 Å². The third-order valence-electron chi connectivity index (χ3n) is 3.42. The number of Topliss-reactive ketones (excluding diaryl/α,β-unsaturated/α-hetero) is 2. The highest BCUT2D eigenvalue weighted by Gasteiger charge is 2.35. The molecule has 98 valence electrons. The van der Waals surface area contributed by atoms with E-state index in [0.29, 0.717) is 19.3 Å². The Morgan fingerprint density at radius 3 is 2.39 bits per heavy atom. The molecule has 0 aromatic rings. The summed E-state index contributed by atoms with van der Waals surface area (Å²) < 4.78 is 5.00. The van der Waals surface area contributed by atoms with Gasteiger partial charge in [0, 0.05) is 19.3 Å². The van der Waals surface area contributed by atoms with Crippen molar-refractivity contribution < 1.29 is 24.2 Å². The summed E-state index contributed by atoms with van der Waals surface area (Å²) in [5.74, 6) is -1.73. The Labute approximate surface area is 105 Å². The summed E-state index contributed by atoms with van der Waals surface area (Å²) in [5, 5.41) is 9.77. The molecule has 2 aliphatic rings. The van der Waals surface area contributed by atoms with Gasteiger partial charge < -0.3 is 9.84 Å². The van der Waals surface area contributed by atoms with Crippen molar-refractivity contribution >= 4 is 17.5 Å². The normalized spacial score (nSPS) is 26.5. The fourth-order valence-electron chi connectivity index (χ4n) is 2.41. The summed E-state index contributed by atoms with van der Waals surface area (Å²) >= 11 is 0. The number of ether oxygens (including phenoxy) is 1. The highest BCUT2D eigenvalue weighted by Crippen LogP contribution is 2.29. The van der Waals surface area contributed by atoms with E-state index in [2.05, 4.69) is 0 Å². The summed E-state index contributed by atoms with van der Waals surface area (Å²) in [4.78, 5) is 35.0. The number of carbonyl (C=O) groups is 3. The fourth-order valence-corrected chi connectivity index (χ4v) is 2.41. The summed E-state index contributed by atoms with van der Waals surface area (Å²) in [7, 11) is 0. The van der Waals surface area contributed by atoms with Gasteiger partial charge in [-0.15, -0.1) is 0 Å². The van der Waals surface area contributed by atoms with Crippen LogP contribution < -0.4 is 0 Å². The second-order valence-corrected chi connectivity index (χ2v) is 4.89. The minimum absolute atomic E-state index is 0.0188. The number of hydrogen-bond acceptors (Lipinski definition) is 5. The molecule has 1 saturated carbocycles. The predicted molar refractivity (Wildman–Crippen MR) is 61.8 cm³/mol. The summed E-state index contributed by atoms with van der Waals surface area (Å²) in [6.07, 6.45) is 1.19. The van der Waals surface area contributed by atoms with Gasteiger partial charge in [0.15, 0.2) is 0 Å². The fraction of sp³-hybridized carbons (Fsp3) is 0.615. The van der Waals surface area contributed by atoms with Crippen molar-refractivity contribution in [3.05, 3.63) is 11.3 Å². The summed E-state index contributed by atoms with van der Waals surface area (Å²) in [6.45, 7) is 1.68. The first-order valence-electron chi connectivity index (χ1n) is 6.16. The number of cyclic esters (lactones) is 1. The van der Waals surface area contributed by atoms with Gasteiger partial charge >= 0.3 is 5.97 Å². The molecule has 5 nitrogen and oxygen atoms in total. The van der Waals surface area contributed by atoms with Crippen molar-refractivity contribution in [2.75, 3.05) is 0 Å². The maximum Gasteiger partial charge on any atom is 0.337 e. The molecule has 0 bridgehead atoms. The van der Waals surface area contributed by atoms with Crippen LogP contribution in [0.15, 0.2) is 11.3 Å². The van der Waals surface area contributed by atoms with Gasteiger partial charge in [0.25, 0.3) is 0 Å². The second-order valence-electron chi connectivity index (χ2n) is 4.89. The Balaban J connectivity index is 2.17. The molecular formula is C13H16O5. The van der Waals surface area contributed by atoms with Gasteiger partial charge in [-0.1, -0.05) is 0 Å². The van der Waals surface area contributed by atoms with Crippen LogP contribution in [0.3, 0.4) is 0 Å².